The van der Waals surface area contributed by atoms with Gasteiger partial charge in [-0.1, -0.05) is 62.5 Å². The Labute approximate surface area is 85.6 Å². The molecule has 0 amide bonds. The minimum absolute atomic E-state index is 0.531. The van der Waals surface area contributed by atoms with Crippen molar-refractivity contribution in [2.75, 3.05) is 0 Å². The summed E-state index contributed by atoms with van der Waals surface area (Å²) in [7, 11) is -1.02. The molecular weight excluding hydrogens is 263 g/mol. The fraction of sp³-hybridized carbons (Fsp3) is 0.778. The van der Waals surface area contributed by atoms with Crippen molar-refractivity contribution in [3.05, 3.63) is 10.2 Å². The Kier molecular flexibility index (Phi) is 4.33. The largest absolute Gasteiger partial charge is 0.0811 e. The molecule has 0 spiro atoms. The first kappa shape index (κ1) is 11.7. The van der Waals surface area contributed by atoms with Crippen LogP contribution < -0.4 is 0 Å². The van der Waals surface area contributed by atoms with E-state index in [1.54, 1.807) is 0 Å². The van der Waals surface area contributed by atoms with Crippen LogP contribution >= 0.6 is 22.6 Å². The lowest BCUT2D eigenvalue weighted by Crippen LogP contribution is -2.36. The third kappa shape index (κ3) is 3.74. The van der Waals surface area contributed by atoms with Gasteiger partial charge in [-0.25, -0.2) is 0 Å². The molecule has 2 heteroatoms. The molecule has 0 aliphatic heterocycles. The van der Waals surface area contributed by atoms with E-state index in [-0.39, 0.29) is 0 Å². The van der Waals surface area contributed by atoms with E-state index in [1.165, 1.54) is 6.04 Å². The Morgan fingerprint density at radius 3 is 2.00 bits per heavy atom. The van der Waals surface area contributed by atoms with Crippen LogP contribution in [0, 0.1) is 0 Å². The van der Waals surface area contributed by atoms with Gasteiger partial charge in [0.25, 0.3) is 0 Å². The van der Waals surface area contributed by atoms with Crippen LogP contribution in [-0.4, -0.2) is 8.07 Å². The van der Waals surface area contributed by atoms with Gasteiger partial charge in [0.05, 0.1) is 8.07 Å². The summed E-state index contributed by atoms with van der Waals surface area (Å²) in [5.41, 5.74) is 0. The summed E-state index contributed by atoms with van der Waals surface area (Å²) < 4.78 is 2.14. The SMILES string of the molecule is CC(C)(C)[Si](C)(C)C/C=C/I. The molecule has 0 aromatic rings. The van der Waals surface area contributed by atoms with Crippen molar-refractivity contribution in [1.82, 2.24) is 0 Å². The Morgan fingerprint density at radius 2 is 1.73 bits per heavy atom. The fourth-order valence-corrected chi connectivity index (χ4v) is 2.70. The molecule has 0 aliphatic carbocycles. The van der Waals surface area contributed by atoms with E-state index >= 15 is 0 Å². The lowest BCUT2D eigenvalue weighted by molar-refractivity contribution is 0.719. The van der Waals surface area contributed by atoms with E-state index in [4.69, 9.17) is 0 Å². The summed E-state index contributed by atoms with van der Waals surface area (Å²) in [5.74, 6) is 0. The van der Waals surface area contributed by atoms with Crippen LogP contribution in [0.2, 0.25) is 24.2 Å². The minimum atomic E-state index is -1.02. The molecule has 0 aliphatic rings. The summed E-state index contributed by atoms with van der Waals surface area (Å²) in [6.07, 6.45) is 2.30. The van der Waals surface area contributed by atoms with Crippen LogP contribution in [0.1, 0.15) is 20.8 Å². The van der Waals surface area contributed by atoms with Crippen LogP contribution in [0.4, 0.5) is 0 Å². The van der Waals surface area contributed by atoms with Gasteiger partial charge in [-0.2, -0.15) is 0 Å². The first-order chi connectivity index (χ1) is 4.81. The van der Waals surface area contributed by atoms with Gasteiger partial charge in [-0.05, 0) is 15.2 Å². The summed E-state index contributed by atoms with van der Waals surface area (Å²) in [5, 5.41) is 0.531. The maximum Gasteiger partial charge on any atom is 0.0565 e. The summed E-state index contributed by atoms with van der Waals surface area (Å²) in [4.78, 5) is 0. The van der Waals surface area contributed by atoms with Gasteiger partial charge in [-0.15, -0.1) is 0 Å². The lowest BCUT2D eigenvalue weighted by Gasteiger charge is -2.36. The van der Waals surface area contributed by atoms with Gasteiger partial charge in [0.2, 0.25) is 0 Å². The highest BCUT2D eigenvalue weighted by Crippen LogP contribution is 2.38. The molecule has 0 N–H and O–H groups in total. The number of rotatable bonds is 2. The van der Waals surface area contributed by atoms with E-state index in [0.717, 1.165) is 0 Å². The summed E-state index contributed by atoms with van der Waals surface area (Å²) in [6.45, 7) is 12.0. The molecule has 0 aromatic heterocycles. The highest BCUT2D eigenvalue weighted by Gasteiger charge is 2.33. The average Bonchev–Trinajstić information content (AvgIpc) is 1.81. The fourth-order valence-electron chi connectivity index (χ4n) is 0.645. The minimum Gasteiger partial charge on any atom is -0.0811 e. The first-order valence-electron chi connectivity index (χ1n) is 4.06. The molecule has 0 rings (SSSR count). The van der Waals surface area contributed by atoms with Gasteiger partial charge in [-0.3, -0.25) is 0 Å². The van der Waals surface area contributed by atoms with Gasteiger partial charge in [0, 0.05) is 0 Å². The number of halogens is 1. The number of allylic oxidation sites excluding steroid dienone is 1. The third-order valence-corrected chi connectivity index (χ3v) is 8.57. The molecule has 0 nitrogen and oxygen atoms in total. The second-order valence-electron chi connectivity index (χ2n) is 4.70. The van der Waals surface area contributed by atoms with Gasteiger partial charge in [0.1, 0.15) is 0 Å². The van der Waals surface area contributed by atoms with E-state index in [9.17, 15) is 0 Å². The summed E-state index contributed by atoms with van der Waals surface area (Å²) in [6, 6.07) is 1.30. The van der Waals surface area contributed by atoms with E-state index in [2.05, 4.69) is 66.6 Å². The van der Waals surface area contributed by atoms with E-state index in [1.807, 2.05) is 0 Å². The zero-order valence-corrected chi connectivity index (χ0v) is 11.4. The van der Waals surface area contributed by atoms with Crippen LogP contribution in [-0.2, 0) is 0 Å². The van der Waals surface area contributed by atoms with Crippen molar-refractivity contribution in [3.8, 4) is 0 Å². The second-order valence-corrected chi connectivity index (χ2v) is 11.1. The zero-order valence-electron chi connectivity index (χ0n) is 8.24. The molecule has 0 bridgehead atoms. The maximum absolute atomic E-state index is 2.46. The Bertz CT molecular complexity index is 142. The second kappa shape index (κ2) is 4.08. The van der Waals surface area contributed by atoms with E-state index in [0.29, 0.717) is 5.04 Å². The zero-order chi connectivity index (χ0) is 9.12. The van der Waals surface area contributed by atoms with Crippen molar-refractivity contribution < 1.29 is 0 Å². The molecule has 0 radical (unpaired) electrons. The maximum atomic E-state index is 2.46. The van der Waals surface area contributed by atoms with Gasteiger partial charge < -0.3 is 0 Å². The Hall–Kier alpha value is 0.687. The predicted octanol–water partition coefficient (Wildman–Crippen LogP) is 4.44. The molecular formula is C9H19ISi. The van der Waals surface area contributed by atoms with Crippen molar-refractivity contribution in [3.63, 3.8) is 0 Å². The van der Waals surface area contributed by atoms with Crippen molar-refractivity contribution >= 4 is 30.7 Å². The third-order valence-electron chi connectivity index (χ3n) is 2.75. The standard InChI is InChI=1S/C9H19ISi/c1-9(2,3)11(4,5)8-6-7-10/h6-7H,8H2,1-5H3/b7-6+. The average molecular weight is 282 g/mol. The Morgan fingerprint density at radius 1 is 1.27 bits per heavy atom. The highest BCUT2D eigenvalue weighted by atomic mass is 127. The van der Waals surface area contributed by atoms with Crippen LogP contribution in [0.15, 0.2) is 10.2 Å². The topological polar surface area (TPSA) is 0 Å². The van der Waals surface area contributed by atoms with Gasteiger partial charge in [0.15, 0.2) is 0 Å². The first-order valence-corrected chi connectivity index (χ1v) is 8.52. The summed E-state index contributed by atoms with van der Waals surface area (Å²) >= 11 is 2.30. The van der Waals surface area contributed by atoms with Crippen LogP contribution in [0.3, 0.4) is 0 Å². The van der Waals surface area contributed by atoms with E-state index < -0.39 is 8.07 Å². The normalized spacial score (nSPS) is 14.4. The molecule has 0 aromatic carbocycles. The smallest absolute Gasteiger partial charge is 0.0565 e. The molecule has 0 atom stereocenters. The predicted molar refractivity (Wildman–Crippen MR) is 65.2 cm³/mol. The lowest BCUT2D eigenvalue weighted by atomic mass is 10.2. The van der Waals surface area contributed by atoms with Gasteiger partial charge >= 0.3 is 0 Å². The molecule has 0 fully saturated rings. The molecule has 0 saturated heterocycles. The van der Waals surface area contributed by atoms with Crippen molar-refractivity contribution in [2.24, 2.45) is 0 Å². The van der Waals surface area contributed by atoms with Crippen molar-refractivity contribution in [2.45, 2.75) is 44.9 Å². The van der Waals surface area contributed by atoms with Crippen LogP contribution in [0.5, 0.6) is 0 Å². The number of hydrogen-bond acceptors (Lipinski definition) is 0. The molecule has 0 saturated carbocycles. The highest BCUT2D eigenvalue weighted by molar-refractivity contribution is 14.1. The Balaban J connectivity index is 4.22. The molecule has 66 valence electrons. The molecule has 0 unspecified atom stereocenters. The van der Waals surface area contributed by atoms with Crippen molar-refractivity contribution in [1.29, 1.82) is 0 Å². The molecule has 11 heavy (non-hydrogen) atoms. The van der Waals surface area contributed by atoms with Crippen LogP contribution in [0.25, 0.3) is 0 Å². The quantitative estimate of drug-likeness (QED) is 0.518. The monoisotopic (exact) mass is 282 g/mol. The molecule has 0 heterocycles. The number of hydrogen-bond donors (Lipinski definition) is 0.